The molecule has 0 atom stereocenters. The van der Waals surface area contributed by atoms with Crippen molar-refractivity contribution < 1.29 is 18.4 Å². The third-order valence-electron chi connectivity index (χ3n) is 3.20. The lowest BCUT2D eigenvalue weighted by Crippen LogP contribution is -2.38. The number of halogens is 1. The Bertz CT molecular complexity index is 810. The van der Waals surface area contributed by atoms with Gasteiger partial charge in [0.1, 0.15) is 11.6 Å². The first-order chi connectivity index (χ1) is 10.0. The molecule has 0 radical (unpaired) electrons. The van der Waals surface area contributed by atoms with Crippen LogP contribution in [0.25, 0.3) is 0 Å². The first-order valence-corrected chi connectivity index (χ1v) is 6.27. The summed E-state index contributed by atoms with van der Waals surface area (Å²) in [4.78, 5) is 34.8. The Kier molecular flexibility index (Phi) is 3.13. The minimum atomic E-state index is -0.636. The zero-order chi connectivity index (χ0) is 15.0. The zero-order valence-corrected chi connectivity index (χ0v) is 10.8. The van der Waals surface area contributed by atoms with E-state index < -0.39 is 23.3 Å². The molecule has 1 aromatic heterocycles. The maximum Gasteiger partial charge on any atom is 0.336 e. The zero-order valence-electron chi connectivity index (χ0n) is 10.8. The third-order valence-corrected chi connectivity index (χ3v) is 3.20. The van der Waals surface area contributed by atoms with E-state index in [-0.39, 0.29) is 24.2 Å². The molecule has 3 rings (SSSR count). The second-order valence-corrected chi connectivity index (χ2v) is 4.75. The summed E-state index contributed by atoms with van der Waals surface area (Å²) >= 11 is 0. The number of nitrogens with one attached hydrogen (secondary N) is 1. The number of benzene rings is 1. The van der Waals surface area contributed by atoms with Gasteiger partial charge in [0.05, 0.1) is 12.0 Å². The van der Waals surface area contributed by atoms with Gasteiger partial charge in [-0.25, -0.2) is 9.18 Å². The summed E-state index contributed by atoms with van der Waals surface area (Å²) in [5.74, 6) is -1.46. The number of rotatable bonds is 2. The maximum atomic E-state index is 13.2. The number of imide groups is 1. The van der Waals surface area contributed by atoms with Crippen LogP contribution in [0.2, 0.25) is 0 Å². The van der Waals surface area contributed by atoms with Crippen LogP contribution in [-0.2, 0) is 17.6 Å². The number of carbonyl (C=O) groups is 2. The monoisotopic (exact) mass is 287 g/mol. The van der Waals surface area contributed by atoms with E-state index in [0.29, 0.717) is 11.1 Å². The summed E-state index contributed by atoms with van der Waals surface area (Å²) in [6.07, 6.45) is 0.0423. The molecule has 1 aromatic carbocycles. The van der Waals surface area contributed by atoms with Gasteiger partial charge in [0.2, 0.25) is 5.91 Å². The molecule has 2 aromatic rings. The lowest BCUT2D eigenvalue weighted by molar-refractivity contribution is -0.120. The van der Waals surface area contributed by atoms with E-state index in [0.717, 1.165) is 0 Å². The molecule has 0 saturated heterocycles. The molecule has 2 heterocycles. The molecular formula is C15H10FNO4. The number of hydrogen-bond acceptors (Lipinski definition) is 4. The second kappa shape index (κ2) is 4.97. The molecule has 0 fully saturated rings. The van der Waals surface area contributed by atoms with Crippen LogP contribution in [0.1, 0.15) is 27.2 Å². The van der Waals surface area contributed by atoms with Gasteiger partial charge >= 0.3 is 5.63 Å². The van der Waals surface area contributed by atoms with Gasteiger partial charge in [-0.05, 0) is 29.7 Å². The summed E-state index contributed by atoms with van der Waals surface area (Å²) in [7, 11) is 0. The van der Waals surface area contributed by atoms with Crippen molar-refractivity contribution in [2.24, 2.45) is 0 Å². The number of carbonyl (C=O) groups excluding carboxylic acids is 2. The quantitative estimate of drug-likeness (QED) is 0.842. The largest absolute Gasteiger partial charge is 0.426 e. The van der Waals surface area contributed by atoms with Crippen molar-refractivity contribution in [3.8, 4) is 0 Å². The van der Waals surface area contributed by atoms with Gasteiger partial charge in [0.15, 0.2) is 0 Å². The number of hydrogen-bond donors (Lipinski definition) is 1. The molecule has 0 bridgehead atoms. The van der Waals surface area contributed by atoms with E-state index in [1.54, 1.807) is 12.1 Å². The van der Waals surface area contributed by atoms with Gasteiger partial charge in [-0.3, -0.25) is 14.9 Å². The molecule has 5 nitrogen and oxygen atoms in total. The average molecular weight is 287 g/mol. The Labute approximate surface area is 118 Å². The number of fused-ring (bicyclic) bond motifs is 1. The van der Waals surface area contributed by atoms with Gasteiger partial charge in [0, 0.05) is 6.07 Å². The summed E-state index contributed by atoms with van der Waals surface area (Å²) in [5, 5.41) is 2.18. The summed E-state index contributed by atoms with van der Waals surface area (Å²) in [6, 6.07) is 7.07. The molecular weight excluding hydrogens is 277 g/mol. The highest BCUT2D eigenvalue weighted by molar-refractivity contribution is 6.09. The lowest BCUT2D eigenvalue weighted by Gasteiger charge is -2.16. The average Bonchev–Trinajstić information content (AvgIpc) is 2.36. The van der Waals surface area contributed by atoms with Crippen LogP contribution in [0.3, 0.4) is 0 Å². The molecule has 21 heavy (non-hydrogen) atoms. The van der Waals surface area contributed by atoms with Crippen LogP contribution in [0.5, 0.6) is 0 Å². The van der Waals surface area contributed by atoms with E-state index in [1.165, 1.54) is 18.2 Å². The minimum absolute atomic E-state index is 0.0580. The van der Waals surface area contributed by atoms with E-state index in [9.17, 15) is 18.8 Å². The van der Waals surface area contributed by atoms with Gasteiger partial charge < -0.3 is 4.42 Å². The van der Waals surface area contributed by atoms with Crippen LogP contribution in [0, 0.1) is 5.82 Å². The minimum Gasteiger partial charge on any atom is -0.426 e. The summed E-state index contributed by atoms with van der Waals surface area (Å²) in [6.45, 7) is 0. The highest BCUT2D eigenvalue weighted by atomic mass is 19.1. The highest BCUT2D eigenvalue weighted by Gasteiger charge is 2.28. The predicted molar refractivity (Wildman–Crippen MR) is 70.4 cm³/mol. The molecule has 1 N–H and O–H groups in total. The van der Waals surface area contributed by atoms with E-state index in [2.05, 4.69) is 5.32 Å². The fourth-order valence-corrected chi connectivity index (χ4v) is 2.38. The molecule has 1 aliphatic rings. The first kappa shape index (κ1) is 13.2. The Balaban J connectivity index is 2.09. The molecule has 0 unspecified atom stereocenters. The van der Waals surface area contributed by atoms with Crippen LogP contribution in [0.4, 0.5) is 4.39 Å². The second-order valence-electron chi connectivity index (χ2n) is 4.75. The topological polar surface area (TPSA) is 76.4 Å². The molecule has 6 heteroatoms. The smallest absolute Gasteiger partial charge is 0.336 e. The Morgan fingerprint density at radius 3 is 2.76 bits per heavy atom. The van der Waals surface area contributed by atoms with Crippen molar-refractivity contribution >= 4 is 11.8 Å². The van der Waals surface area contributed by atoms with Crippen LogP contribution in [0.15, 0.2) is 39.5 Å². The van der Waals surface area contributed by atoms with Crippen LogP contribution < -0.4 is 10.9 Å². The Morgan fingerprint density at radius 2 is 2.00 bits per heavy atom. The van der Waals surface area contributed by atoms with Crippen molar-refractivity contribution in [2.45, 2.75) is 12.8 Å². The maximum absolute atomic E-state index is 13.2. The molecule has 0 saturated carbocycles. The van der Waals surface area contributed by atoms with Crippen LogP contribution >= 0.6 is 0 Å². The molecule has 106 valence electrons. The first-order valence-electron chi connectivity index (χ1n) is 6.27. The molecule has 1 aliphatic heterocycles. The molecule has 2 amide bonds. The Morgan fingerprint density at radius 1 is 1.19 bits per heavy atom. The van der Waals surface area contributed by atoms with Crippen molar-refractivity contribution in [1.29, 1.82) is 0 Å². The SMILES string of the molecule is O=C1Cc2oc(=O)cc(Cc3cccc(F)c3)c2C(=O)N1. The van der Waals surface area contributed by atoms with Gasteiger partial charge in [0.25, 0.3) is 5.91 Å². The normalized spacial score (nSPS) is 13.8. The van der Waals surface area contributed by atoms with Gasteiger partial charge in [-0.15, -0.1) is 0 Å². The fourth-order valence-electron chi connectivity index (χ4n) is 2.38. The summed E-state index contributed by atoms with van der Waals surface area (Å²) in [5.41, 5.74) is 0.575. The molecule has 0 aliphatic carbocycles. The van der Waals surface area contributed by atoms with Gasteiger partial charge in [-0.1, -0.05) is 12.1 Å². The molecule has 0 spiro atoms. The van der Waals surface area contributed by atoms with Crippen LogP contribution in [-0.4, -0.2) is 11.8 Å². The standard InChI is InChI=1S/C15H10FNO4/c16-10-3-1-2-8(5-10)4-9-6-13(19)21-11-7-12(18)17-15(20)14(9)11/h1-3,5-6H,4,7H2,(H,17,18,20). The summed E-state index contributed by atoms with van der Waals surface area (Å²) < 4.78 is 18.1. The van der Waals surface area contributed by atoms with E-state index in [1.807, 2.05) is 0 Å². The van der Waals surface area contributed by atoms with E-state index in [4.69, 9.17) is 4.42 Å². The van der Waals surface area contributed by atoms with Crippen molar-refractivity contribution in [1.82, 2.24) is 5.32 Å². The van der Waals surface area contributed by atoms with Gasteiger partial charge in [-0.2, -0.15) is 0 Å². The van der Waals surface area contributed by atoms with Crippen molar-refractivity contribution in [3.63, 3.8) is 0 Å². The third kappa shape index (κ3) is 2.60. The van der Waals surface area contributed by atoms with E-state index >= 15 is 0 Å². The fraction of sp³-hybridized carbons (Fsp3) is 0.133. The predicted octanol–water partition coefficient (Wildman–Crippen LogP) is 1.18. The lowest BCUT2D eigenvalue weighted by atomic mass is 9.96. The highest BCUT2D eigenvalue weighted by Crippen LogP contribution is 2.20. The number of amides is 2. The van der Waals surface area contributed by atoms with Crippen molar-refractivity contribution in [3.05, 3.63) is 69.0 Å². The Hall–Kier alpha value is -2.76. The van der Waals surface area contributed by atoms with Crippen molar-refractivity contribution in [2.75, 3.05) is 0 Å².